The van der Waals surface area contributed by atoms with Crippen LogP contribution in [0.1, 0.15) is 93.7 Å². The number of nitrogens with zero attached hydrogens (tertiary/aromatic N) is 3. The van der Waals surface area contributed by atoms with Crippen LogP contribution in [-0.2, 0) is 0 Å². The molecule has 4 bridgehead atoms. The average Bonchev–Trinajstić information content (AvgIpc) is 3.05. The fourth-order valence-corrected chi connectivity index (χ4v) is 9.98. The summed E-state index contributed by atoms with van der Waals surface area (Å²) in [5.41, 5.74) is 2.43. The Balaban J connectivity index is 1.11. The van der Waals surface area contributed by atoms with E-state index >= 15 is 0 Å². The Kier molecular flexibility index (Phi) is 10.2. The van der Waals surface area contributed by atoms with Crippen LogP contribution in [0.4, 0.5) is 0 Å². The van der Waals surface area contributed by atoms with Gasteiger partial charge in [0.2, 0.25) is 0 Å². The third kappa shape index (κ3) is 7.87. The van der Waals surface area contributed by atoms with E-state index in [-0.39, 0.29) is 50.7 Å². The highest BCUT2D eigenvalue weighted by molar-refractivity contribution is 5.85. The molecule has 9 heteroatoms. The first-order chi connectivity index (χ1) is 23.6. The molecule has 0 heterocycles. The van der Waals surface area contributed by atoms with Crippen molar-refractivity contribution in [3.05, 3.63) is 71.3 Å². The first kappa shape index (κ1) is 34.3. The standard InChI is InChI=1S/C40H49N3O6/c44-32-10-1-7-29(35(32)47)22-41-16-4-13-38-19-28-20-39(25-38,14-5-17-42-23-30-8-2-11-33(45)36(30)48)27-40(21-28,26-38)15-6-18-43-24-31-9-3-12-34(46)37(31)49/h1-3,7-12,22-24,28,44-49H,4-6,13-21,25-27H2. The molecule has 0 atom stereocenters. The summed E-state index contributed by atoms with van der Waals surface area (Å²) >= 11 is 0. The first-order valence-corrected chi connectivity index (χ1v) is 17.6. The summed E-state index contributed by atoms with van der Waals surface area (Å²) in [6.07, 6.45) is 18.8. The van der Waals surface area contributed by atoms with Gasteiger partial charge in [-0.05, 0) is 136 Å². The van der Waals surface area contributed by atoms with Gasteiger partial charge in [-0.3, -0.25) is 15.0 Å². The van der Waals surface area contributed by atoms with Crippen LogP contribution < -0.4 is 0 Å². The van der Waals surface area contributed by atoms with Gasteiger partial charge in [0.15, 0.2) is 34.5 Å². The molecule has 0 radical (unpaired) electrons. The maximum atomic E-state index is 10.1. The van der Waals surface area contributed by atoms with E-state index < -0.39 is 0 Å². The predicted octanol–water partition coefficient (Wildman–Crippen LogP) is 7.87. The van der Waals surface area contributed by atoms with Crippen LogP contribution >= 0.6 is 0 Å². The summed E-state index contributed by atoms with van der Waals surface area (Å²) in [4.78, 5) is 13.8. The number of phenols is 6. The van der Waals surface area contributed by atoms with E-state index in [2.05, 4.69) is 15.0 Å². The van der Waals surface area contributed by atoms with E-state index in [1.165, 1.54) is 56.7 Å². The number of hydrogen-bond acceptors (Lipinski definition) is 9. The molecular weight excluding hydrogens is 618 g/mol. The second kappa shape index (κ2) is 14.5. The molecule has 4 aliphatic carbocycles. The lowest BCUT2D eigenvalue weighted by molar-refractivity contribution is -0.168. The van der Waals surface area contributed by atoms with Crippen molar-refractivity contribution in [2.45, 2.75) is 77.0 Å². The molecule has 260 valence electrons. The van der Waals surface area contributed by atoms with Gasteiger partial charge < -0.3 is 30.6 Å². The fraction of sp³-hybridized carbons (Fsp3) is 0.475. The molecule has 3 aromatic carbocycles. The minimum absolute atomic E-state index is 0.137. The van der Waals surface area contributed by atoms with Gasteiger partial charge in [-0.15, -0.1) is 0 Å². The van der Waals surface area contributed by atoms with Crippen LogP contribution in [0.25, 0.3) is 0 Å². The van der Waals surface area contributed by atoms with Crippen LogP contribution in [0.15, 0.2) is 69.6 Å². The van der Waals surface area contributed by atoms with E-state index in [0.29, 0.717) is 42.2 Å². The molecule has 6 N–H and O–H groups in total. The molecule has 0 aliphatic heterocycles. The molecule has 9 nitrogen and oxygen atoms in total. The SMILES string of the molecule is Oc1cccc(C=NCCCC23CC4CC(CCCN=Cc5cccc(O)c5O)(C2)CC(CCCN=Cc2cccc(O)c2O)(C4)C3)c1O. The molecule has 4 saturated carbocycles. The molecule has 4 aliphatic rings. The minimum Gasteiger partial charge on any atom is -0.504 e. The molecule has 0 amide bonds. The largest absolute Gasteiger partial charge is 0.504 e. The van der Waals surface area contributed by atoms with Crippen molar-refractivity contribution in [2.75, 3.05) is 19.6 Å². The van der Waals surface area contributed by atoms with Crippen LogP contribution in [0.3, 0.4) is 0 Å². The number of hydrogen-bond donors (Lipinski definition) is 6. The Morgan fingerprint density at radius 1 is 0.490 bits per heavy atom. The van der Waals surface area contributed by atoms with Crippen molar-refractivity contribution in [2.24, 2.45) is 37.1 Å². The van der Waals surface area contributed by atoms with E-state index in [1.807, 2.05) is 0 Å². The maximum Gasteiger partial charge on any atom is 0.166 e. The lowest BCUT2D eigenvalue weighted by Gasteiger charge is -2.67. The molecular formula is C40H49N3O6. The highest BCUT2D eigenvalue weighted by atomic mass is 16.3. The van der Waals surface area contributed by atoms with Crippen LogP contribution in [0.2, 0.25) is 0 Å². The van der Waals surface area contributed by atoms with Gasteiger partial charge in [0.25, 0.3) is 0 Å². The zero-order valence-electron chi connectivity index (χ0n) is 28.1. The van der Waals surface area contributed by atoms with Gasteiger partial charge in [0.1, 0.15) is 0 Å². The third-order valence-electron chi connectivity index (χ3n) is 11.2. The van der Waals surface area contributed by atoms with Gasteiger partial charge in [-0.1, -0.05) is 18.2 Å². The van der Waals surface area contributed by atoms with E-state index in [4.69, 9.17) is 0 Å². The van der Waals surface area contributed by atoms with Crippen LogP contribution in [0, 0.1) is 22.2 Å². The number of aliphatic imine (C=N–C) groups is 3. The molecule has 0 spiro atoms. The number of rotatable bonds is 15. The second-order valence-electron chi connectivity index (χ2n) is 15.1. The van der Waals surface area contributed by atoms with Gasteiger partial charge in [-0.25, -0.2) is 0 Å². The zero-order valence-corrected chi connectivity index (χ0v) is 28.1. The highest BCUT2D eigenvalue weighted by Gasteiger charge is 2.61. The van der Waals surface area contributed by atoms with E-state index in [0.717, 1.165) is 38.5 Å². The minimum atomic E-state index is -0.139. The summed E-state index contributed by atoms with van der Waals surface area (Å²) in [6.45, 7) is 2.03. The summed E-state index contributed by atoms with van der Waals surface area (Å²) in [6, 6.07) is 14.7. The van der Waals surface area contributed by atoms with Crippen molar-refractivity contribution in [3.8, 4) is 34.5 Å². The highest BCUT2D eigenvalue weighted by Crippen LogP contribution is 2.73. The maximum absolute atomic E-state index is 10.1. The Labute approximate surface area is 288 Å². The molecule has 49 heavy (non-hydrogen) atoms. The summed E-state index contributed by atoms with van der Waals surface area (Å²) < 4.78 is 0. The number of aromatic hydroxyl groups is 6. The topological polar surface area (TPSA) is 158 Å². The van der Waals surface area contributed by atoms with Crippen molar-refractivity contribution in [1.29, 1.82) is 0 Å². The molecule has 0 aromatic heterocycles. The van der Waals surface area contributed by atoms with Crippen LogP contribution in [0.5, 0.6) is 34.5 Å². The van der Waals surface area contributed by atoms with E-state index in [1.54, 1.807) is 55.0 Å². The first-order valence-electron chi connectivity index (χ1n) is 17.6. The zero-order chi connectivity index (χ0) is 34.5. The molecule has 7 rings (SSSR count). The Morgan fingerprint density at radius 3 is 1.10 bits per heavy atom. The van der Waals surface area contributed by atoms with E-state index in [9.17, 15) is 30.6 Å². The summed E-state index contributed by atoms with van der Waals surface area (Å²) in [7, 11) is 0. The summed E-state index contributed by atoms with van der Waals surface area (Å²) in [5.74, 6) is -0.116. The van der Waals surface area contributed by atoms with Crippen molar-refractivity contribution >= 4 is 18.6 Å². The summed E-state index contributed by atoms with van der Waals surface area (Å²) in [5, 5.41) is 59.8. The lowest BCUT2D eigenvalue weighted by Crippen LogP contribution is -2.57. The number of benzene rings is 3. The van der Waals surface area contributed by atoms with Crippen molar-refractivity contribution in [3.63, 3.8) is 0 Å². The number of phenolic OH excluding ortho intramolecular Hbond substituents is 6. The van der Waals surface area contributed by atoms with Crippen LogP contribution in [-0.4, -0.2) is 68.9 Å². The van der Waals surface area contributed by atoms with Crippen molar-refractivity contribution in [1.82, 2.24) is 0 Å². The Hall–Kier alpha value is -4.53. The molecule has 3 aromatic rings. The van der Waals surface area contributed by atoms with Crippen molar-refractivity contribution < 1.29 is 30.6 Å². The third-order valence-corrected chi connectivity index (χ3v) is 11.2. The van der Waals surface area contributed by atoms with Gasteiger partial charge in [-0.2, -0.15) is 0 Å². The van der Waals surface area contributed by atoms with Gasteiger partial charge in [0.05, 0.1) is 0 Å². The monoisotopic (exact) mass is 667 g/mol. The molecule has 0 saturated heterocycles. The second-order valence-corrected chi connectivity index (χ2v) is 15.1. The quantitative estimate of drug-likeness (QED) is 0.0550. The smallest absolute Gasteiger partial charge is 0.166 e. The molecule has 4 fully saturated rings. The Morgan fingerprint density at radius 2 is 0.796 bits per heavy atom. The predicted molar refractivity (Wildman–Crippen MR) is 193 cm³/mol. The fourth-order valence-electron chi connectivity index (χ4n) is 9.98. The number of para-hydroxylation sites is 3. The average molecular weight is 668 g/mol. The van der Waals surface area contributed by atoms with Gasteiger partial charge in [0, 0.05) is 55.0 Å². The van der Waals surface area contributed by atoms with Gasteiger partial charge >= 0.3 is 0 Å². The lowest BCUT2D eigenvalue weighted by atomic mass is 9.37. The normalized spacial score (nSPS) is 26.1. The molecule has 0 unspecified atom stereocenters. The Bertz CT molecular complexity index is 1510.